The van der Waals surface area contributed by atoms with Gasteiger partial charge in [-0.25, -0.2) is 4.79 Å². The van der Waals surface area contributed by atoms with Gasteiger partial charge in [-0.1, -0.05) is 187 Å². The summed E-state index contributed by atoms with van der Waals surface area (Å²) in [5, 5.41) is 40.8. The predicted molar refractivity (Wildman–Crippen MR) is 190 cm³/mol. The molecule has 0 amide bonds. The van der Waals surface area contributed by atoms with E-state index in [0.717, 1.165) is 44.9 Å². The van der Waals surface area contributed by atoms with E-state index in [1.54, 1.807) is 0 Å². The van der Waals surface area contributed by atoms with Crippen molar-refractivity contribution in [3.05, 3.63) is 0 Å². The number of rotatable bonds is 35. The summed E-state index contributed by atoms with van der Waals surface area (Å²) in [6.45, 7) is 3.68. The van der Waals surface area contributed by atoms with Crippen molar-refractivity contribution < 1.29 is 34.8 Å². The van der Waals surface area contributed by atoms with Crippen LogP contribution in [0.5, 0.6) is 0 Å². The fourth-order valence-corrected chi connectivity index (χ4v) is 6.26. The number of unbranched alkanes of at least 4 members (excludes halogenated alkanes) is 27. The van der Waals surface area contributed by atoms with Crippen molar-refractivity contribution in [1.82, 2.24) is 0 Å². The van der Waals surface area contributed by atoms with Gasteiger partial charge in [0.25, 0.3) is 0 Å². The second-order valence-electron chi connectivity index (χ2n) is 13.9. The predicted octanol–water partition coefficient (Wildman–Crippen LogP) is 9.63. The lowest BCUT2D eigenvalue weighted by Crippen LogP contribution is -2.56. The van der Waals surface area contributed by atoms with Crippen LogP contribution in [0.2, 0.25) is 0 Å². The minimum Gasteiger partial charge on any atom is -0.394 e. The van der Waals surface area contributed by atoms with E-state index in [4.69, 9.17) is 4.74 Å². The molecule has 0 radical (unpaired) electrons. The normalized spacial score (nSPS) is 14.2. The van der Waals surface area contributed by atoms with Crippen LogP contribution in [-0.2, 0) is 14.3 Å². The van der Waals surface area contributed by atoms with Gasteiger partial charge in [-0.15, -0.1) is 0 Å². The van der Waals surface area contributed by atoms with E-state index in [0.29, 0.717) is 12.8 Å². The van der Waals surface area contributed by atoms with E-state index >= 15 is 0 Å². The van der Waals surface area contributed by atoms with Gasteiger partial charge in [0.1, 0.15) is 12.2 Å². The molecule has 3 atom stereocenters. The molecule has 0 aromatic carbocycles. The zero-order chi connectivity index (χ0) is 34.1. The van der Waals surface area contributed by atoms with Crippen LogP contribution in [0.15, 0.2) is 0 Å². The lowest BCUT2D eigenvalue weighted by Gasteiger charge is -2.32. The Morgan fingerprint density at radius 1 is 0.522 bits per heavy atom. The van der Waals surface area contributed by atoms with E-state index < -0.39 is 36.4 Å². The maximum atomic E-state index is 12.8. The molecule has 0 spiro atoms. The van der Waals surface area contributed by atoms with Crippen molar-refractivity contribution in [2.24, 2.45) is 0 Å². The Balaban J connectivity index is 4.11. The maximum Gasteiger partial charge on any atom is 0.348 e. The van der Waals surface area contributed by atoms with Crippen LogP contribution in [0.25, 0.3) is 0 Å². The first-order chi connectivity index (χ1) is 22.3. The van der Waals surface area contributed by atoms with Crippen molar-refractivity contribution in [2.75, 3.05) is 6.61 Å². The number of aliphatic hydroxyl groups excluding tert-OH is 3. The van der Waals surface area contributed by atoms with Crippen LogP contribution < -0.4 is 0 Å². The van der Waals surface area contributed by atoms with Gasteiger partial charge < -0.3 is 25.2 Å². The molecule has 46 heavy (non-hydrogen) atoms. The molecule has 0 aliphatic heterocycles. The summed E-state index contributed by atoms with van der Waals surface area (Å²) in [6, 6.07) is 0. The summed E-state index contributed by atoms with van der Waals surface area (Å²) in [4.78, 5) is 25.2. The molecule has 0 heterocycles. The Labute approximate surface area is 283 Å². The molecule has 3 unspecified atom stereocenters. The van der Waals surface area contributed by atoms with Crippen molar-refractivity contribution >= 4 is 11.9 Å². The Morgan fingerprint density at radius 3 is 1.15 bits per heavy atom. The highest BCUT2D eigenvalue weighted by Gasteiger charge is 2.48. The van der Waals surface area contributed by atoms with Gasteiger partial charge in [-0.2, -0.15) is 0 Å². The van der Waals surface area contributed by atoms with E-state index in [9.17, 15) is 30.0 Å². The first-order valence-corrected chi connectivity index (χ1v) is 19.8. The standard InChI is InChI=1S/C39H76O7/c1-3-5-7-9-11-13-15-17-19-20-22-24-26-28-30-32-36(42)46-38(44)39(45,37(43)35(41)34-40)33-31-29-27-25-23-21-18-16-14-12-10-8-6-4-2/h35,37,40-41,43,45H,3-34H2,1-2H3. The minimum absolute atomic E-state index is 0.0670. The number of ether oxygens (including phenoxy) is 1. The lowest BCUT2D eigenvalue weighted by atomic mass is 9.87. The molecule has 0 aliphatic carbocycles. The second kappa shape index (κ2) is 32.5. The number of aliphatic hydroxyl groups is 4. The van der Waals surface area contributed by atoms with Crippen molar-refractivity contribution in [2.45, 2.75) is 231 Å². The van der Waals surface area contributed by atoms with Gasteiger partial charge in [0, 0.05) is 6.42 Å². The van der Waals surface area contributed by atoms with Crippen LogP contribution >= 0.6 is 0 Å². The second-order valence-corrected chi connectivity index (χ2v) is 13.9. The van der Waals surface area contributed by atoms with Crippen molar-refractivity contribution in [3.63, 3.8) is 0 Å². The van der Waals surface area contributed by atoms with E-state index in [1.165, 1.54) is 128 Å². The Bertz CT molecular complexity index is 685. The maximum absolute atomic E-state index is 12.8. The molecule has 0 aromatic rings. The Morgan fingerprint density at radius 2 is 0.826 bits per heavy atom. The summed E-state index contributed by atoms with van der Waals surface area (Å²) >= 11 is 0. The molecule has 0 aromatic heterocycles. The zero-order valence-electron chi connectivity index (χ0n) is 30.3. The number of esters is 2. The fourth-order valence-electron chi connectivity index (χ4n) is 6.26. The monoisotopic (exact) mass is 657 g/mol. The molecule has 0 aliphatic rings. The summed E-state index contributed by atoms with van der Waals surface area (Å²) < 4.78 is 4.94. The first-order valence-electron chi connectivity index (χ1n) is 19.8. The number of carbonyl (C=O) groups is 2. The quantitative estimate of drug-likeness (QED) is 0.0304. The number of hydrogen-bond acceptors (Lipinski definition) is 7. The molecule has 274 valence electrons. The third-order valence-corrected chi connectivity index (χ3v) is 9.50. The van der Waals surface area contributed by atoms with E-state index in [1.807, 2.05) is 0 Å². The molecule has 0 bridgehead atoms. The van der Waals surface area contributed by atoms with Crippen LogP contribution in [0, 0.1) is 0 Å². The van der Waals surface area contributed by atoms with Crippen LogP contribution in [0.1, 0.15) is 213 Å². The fraction of sp³-hybridized carbons (Fsp3) is 0.949. The molecule has 0 saturated carbocycles. The van der Waals surface area contributed by atoms with E-state index in [2.05, 4.69) is 13.8 Å². The van der Waals surface area contributed by atoms with Gasteiger partial charge in [0.15, 0.2) is 5.60 Å². The third kappa shape index (κ3) is 25.1. The van der Waals surface area contributed by atoms with Gasteiger partial charge in [-0.05, 0) is 19.3 Å². The number of carbonyl (C=O) groups excluding carboxylic acids is 2. The molecular weight excluding hydrogens is 580 g/mol. The summed E-state index contributed by atoms with van der Waals surface area (Å²) in [5.41, 5.74) is -2.44. The summed E-state index contributed by atoms with van der Waals surface area (Å²) in [7, 11) is 0. The Hall–Kier alpha value is -1.02. The number of hydrogen-bond donors (Lipinski definition) is 4. The lowest BCUT2D eigenvalue weighted by molar-refractivity contribution is -0.194. The van der Waals surface area contributed by atoms with E-state index in [-0.39, 0.29) is 12.8 Å². The topological polar surface area (TPSA) is 124 Å². The van der Waals surface area contributed by atoms with Gasteiger partial charge in [0.2, 0.25) is 0 Å². The third-order valence-electron chi connectivity index (χ3n) is 9.50. The van der Waals surface area contributed by atoms with Crippen LogP contribution in [0.4, 0.5) is 0 Å². The highest BCUT2D eigenvalue weighted by atomic mass is 16.6. The van der Waals surface area contributed by atoms with Gasteiger partial charge >= 0.3 is 11.9 Å². The summed E-state index contributed by atoms with van der Waals surface area (Å²) in [6.07, 6.45) is 30.6. The summed E-state index contributed by atoms with van der Waals surface area (Å²) in [5.74, 6) is -1.97. The van der Waals surface area contributed by atoms with Gasteiger partial charge in [-0.3, -0.25) is 4.79 Å². The minimum atomic E-state index is -2.44. The van der Waals surface area contributed by atoms with Crippen molar-refractivity contribution in [1.29, 1.82) is 0 Å². The van der Waals surface area contributed by atoms with Gasteiger partial charge in [0.05, 0.1) is 6.61 Å². The average Bonchev–Trinajstić information content (AvgIpc) is 3.05. The SMILES string of the molecule is CCCCCCCCCCCCCCCCCC(=O)OC(=O)C(O)(CCCCCCCCCCCCCCCC)C(O)C(O)CO. The van der Waals surface area contributed by atoms with Crippen LogP contribution in [-0.4, -0.2) is 56.8 Å². The molecule has 0 fully saturated rings. The largest absolute Gasteiger partial charge is 0.394 e. The highest BCUT2D eigenvalue weighted by molar-refractivity contribution is 5.90. The van der Waals surface area contributed by atoms with Crippen molar-refractivity contribution in [3.8, 4) is 0 Å². The molecule has 0 saturated heterocycles. The molecule has 7 nitrogen and oxygen atoms in total. The van der Waals surface area contributed by atoms with Crippen LogP contribution in [0.3, 0.4) is 0 Å². The highest BCUT2D eigenvalue weighted by Crippen LogP contribution is 2.25. The Kier molecular flexibility index (Phi) is 31.8. The molecular formula is C39H76O7. The first kappa shape index (κ1) is 45.0. The molecule has 0 rings (SSSR count). The smallest absolute Gasteiger partial charge is 0.348 e. The average molecular weight is 657 g/mol. The zero-order valence-corrected chi connectivity index (χ0v) is 30.3. The molecule has 4 N–H and O–H groups in total. The molecule has 7 heteroatoms.